The predicted molar refractivity (Wildman–Crippen MR) is 90.2 cm³/mol. The number of anilines is 1. The van der Waals surface area contributed by atoms with Gasteiger partial charge in [-0.2, -0.15) is 5.10 Å². The SMILES string of the molecule is Cn1cc([C@@H]2C[C@H]2C(=O)N(c2cccc(F)c2)C2CCCC2)cn1. The zero-order valence-electron chi connectivity index (χ0n) is 13.9. The first kappa shape index (κ1) is 15.4. The molecule has 2 saturated carbocycles. The molecule has 1 aromatic heterocycles. The molecule has 1 amide bonds. The van der Waals surface area contributed by atoms with Gasteiger partial charge in [0, 0.05) is 30.9 Å². The zero-order valence-corrected chi connectivity index (χ0v) is 13.9. The number of hydrogen-bond acceptors (Lipinski definition) is 2. The lowest BCUT2D eigenvalue weighted by molar-refractivity contribution is -0.120. The van der Waals surface area contributed by atoms with Gasteiger partial charge >= 0.3 is 0 Å². The standard InChI is InChI=1S/C19H22FN3O/c1-22-12-13(11-21-22)17-10-18(17)19(24)23(15-6-2-3-7-15)16-8-4-5-14(20)9-16/h4-5,8-9,11-12,15,17-18H,2-3,6-7,10H2,1H3/t17-,18+/m0/s1. The number of carbonyl (C=O) groups excluding carboxylic acids is 1. The van der Waals surface area contributed by atoms with Gasteiger partial charge in [-0.15, -0.1) is 0 Å². The predicted octanol–water partition coefficient (Wildman–Crippen LogP) is 3.64. The largest absolute Gasteiger partial charge is 0.309 e. The molecule has 0 bridgehead atoms. The molecule has 4 rings (SSSR count). The third kappa shape index (κ3) is 2.83. The highest BCUT2D eigenvalue weighted by Crippen LogP contribution is 2.49. The van der Waals surface area contributed by atoms with Crippen LogP contribution in [0.2, 0.25) is 0 Å². The fraction of sp³-hybridized carbons (Fsp3) is 0.474. The van der Waals surface area contributed by atoms with Crippen molar-refractivity contribution in [2.75, 3.05) is 4.90 Å². The molecule has 1 heterocycles. The van der Waals surface area contributed by atoms with E-state index in [1.807, 2.05) is 30.4 Å². The lowest BCUT2D eigenvalue weighted by atomic mass is 10.1. The summed E-state index contributed by atoms with van der Waals surface area (Å²) >= 11 is 0. The number of hydrogen-bond donors (Lipinski definition) is 0. The van der Waals surface area contributed by atoms with E-state index in [-0.39, 0.29) is 29.6 Å². The monoisotopic (exact) mass is 327 g/mol. The Kier molecular flexibility index (Phi) is 3.87. The average Bonchev–Trinajstić information content (AvgIpc) is 2.95. The van der Waals surface area contributed by atoms with Crippen molar-refractivity contribution in [2.24, 2.45) is 13.0 Å². The van der Waals surface area contributed by atoms with Crippen molar-refractivity contribution in [3.63, 3.8) is 0 Å². The van der Waals surface area contributed by atoms with Crippen LogP contribution in [0.1, 0.15) is 43.6 Å². The fourth-order valence-electron chi connectivity index (χ4n) is 3.95. The Morgan fingerprint density at radius 3 is 2.79 bits per heavy atom. The van der Waals surface area contributed by atoms with Crippen LogP contribution >= 0.6 is 0 Å². The van der Waals surface area contributed by atoms with E-state index in [1.54, 1.807) is 10.7 Å². The lowest BCUT2D eigenvalue weighted by Gasteiger charge is -2.29. The van der Waals surface area contributed by atoms with Gasteiger partial charge in [-0.05, 0) is 48.9 Å². The van der Waals surface area contributed by atoms with E-state index in [0.717, 1.165) is 37.7 Å². The summed E-state index contributed by atoms with van der Waals surface area (Å²) in [4.78, 5) is 15.0. The molecule has 0 N–H and O–H groups in total. The Hall–Kier alpha value is -2.17. The highest BCUT2D eigenvalue weighted by molar-refractivity contribution is 5.98. The molecular formula is C19H22FN3O. The molecule has 2 aliphatic rings. The summed E-state index contributed by atoms with van der Waals surface area (Å²) in [5.74, 6) is 0.103. The molecular weight excluding hydrogens is 305 g/mol. The van der Waals surface area contributed by atoms with Gasteiger partial charge in [0.2, 0.25) is 5.91 Å². The highest BCUT2D eigenvalue weighted by atomic mass is 19.1. The molecule has 2 aromatic rings. The zero-order chi connectivity index (χ0) is 16.7. The van der Waals surface area contributed by atoms with Crippen molar-refractivity contribution in [3.8, 4) is 0 Å². The van der Waals surface area contributed by atoms with Crippen molar-refractivity contribution in [1.29, 1.82) is 0 Å². The third-order valence-electron chi connectivity index (χ3n) is 5.27. The maximum atomic E-state index is 13.7. The number of rotatable bonds is 4. The summed E-state index contributed by atoms with van der Waals surface area (Å²) in [6, 6.07) is 6.65. The summed E-state index contributed by atoms with van der Waals surface area (Å²) in [5, 5.41) is 4.21. The van der Waals surface area contributed by atoms with E-state index in [9.17, 15) is 9.18 Å². The summed E-state index contributed by atoms with van der Waals surface area (Å²) in [6.45, 7) is 0. The van der Waals surface area contributed by atoms with Crippen molar-refractivity contribution >= 4 is 11.6 Å². The minimum Gasteiger partial charge on any atom is -0.309 e. The highest BCUT2D eigenvalue weighted by Gasteiger charge is 2.48. The van der Waals surface area contributed by atoms with E-state index in [0.29, 0.717) is 5.69 Å². The molecule has 126 valence electrons. The minimum atomic E-state index is -0.289. The van der Waals surface area contributed by atoms with Crippen molar-refractivity contribution < 1.29 is 9.18 Å². The number of benzene rings is 1. The van der Waals surface area contributed by atoms with E-state index >= 15 is 0 Å². The van der Waals surface area contributed by atoms with Crippen LogP contribution in [0.15, 0.2) is 36.7 Å². The van der Waals surface area contributed by atoms with Crippen LogP contribution in [0.25, 0.3) is 0 Å². The summed E-state index contributed by atoms with van der Waals surface area (Å²) in [7, 11) is 1.89. The second-order valence-corrected chi connectivity index (χ2v) is 7.02. The van der Waals surface area contributed by atoms with Gasteiger partial charge in [-0.25, -0.2) is 4.39 Å². The first-order valence-electron chi connectivity index (χ1n) is 8.70. The quantitative estimate of drug-likeness (QED) is 0.860. The molecule has 0 aliphatic heterocycles. The van der Waals surface area contributed by atoms with Crippen LogP contribution in [-0.2, 0) is 11.8 Å². The number of nitrogens with zero attached hydrogens (tertiary/aromatic N) is 3. The third-order valence-corrected chi connectivity index (χ3v) is 5.27. The molecule has 2 fully saturated rings. The van der Waals surface area contributed by atoms with Crippen LogP contribution in [0.5, 0.6) is 0 Å². The molecule has 0 radical (unpaired) electrons. The smallest absolute Gasteiger partial charge is 0.230 e. The molecule has 24 heavy (non-hydrogen) atoms. The number of aryl methyl sites for hydroxylation is 1. The number of carbonyl (C=O) groups is 1. The Bertz CT molecular complexity index is 751. The summed E-state index contributed by atoms with van der Waals surface area (Å²) in [5.41, 5.74) is 1.82. The van der Waals surface area contributed by atoms with Gasteiger partial charge in [0.25, 0.3) is 0 Å². The minimum absolute atomic E-state index is 0.00179. The van der Waals surface area contributed by atoms with Gasteiger partial charge in [0.15, 0.2) is 0 Å². The van der Waals surface area contributed by atoms with Gasteiger partial charge in [0.05, 0.1) is 6.20 Å². The fourth-order valence-corrected chi connectivity index (χ4v) is 3.95. The molecule has 0 saturated heterocycles. The summed E-state index contributed by atoms with van der Waals surface area (Å²) < 4.78 is 15.5. The molecule has 1 aromatic carbocycles. The molecule has 0 unspecified atom stereocenters. The van der Waals surface area contributed by atoms with Gasteiger partial charge in [0.1, 0.15) is 5.82 Å². The number of aromatic nitrogens is 2. The van der Waals surface area contributed by atoms with E-state index in [4.69, 9.17) is 0 Å². The second kappa shape index (κ2) is 6.04. The van der Waals surface area contributed by atoms with Crippen molar-refractivity contribution in [3.05, 3.63) is 48.0 Å². The normalized spacial score (nSPS) is 23.4. The van der Waals surface area contributed by atoms with Gasteiger partial charge in [-0.1, -0.05) is 18.9 Å². The van der Waals surface area contributed by atoms with Crippen LogP contribution in [-0.4, -0.2) is 21.7 Å². The van der Waals surface area contributed by atoms with Crippen LogP contribution in [0.4, 0.5) is 10.1 Å². The topological polar surface area (TPSA) is 38.1 Å². The second-order valence-electron chi connectivity index (χ2n) is 7.02. The van der Waals surface area contributed by atoms with Crippen LogP contribution < -0.4 is 4.90 Å². The maximum absolute atomic E-state index is 13.7. The summed E-state index contributed by atoms with van der Waals surface area (Å²) in [6.07, 6.45) is 8.99. The number of amides is 1. The molecule has 4 nitrogen and oxygen atoms in total. The lowest BCUT2D eigenvalue weighted by Crippen LogP contribution is -2.40. The van der Waals surface area contributed by atoms with Crippen LogP contribution in [0, 0.1) is 11.7 Å². The molecule has 0 spiro atoms. The van der Waals surface area contributed by atoms with E-state index < -0.39 is 0 Å². The van der Waals surface area contributed by atoms with E-state index in [1.165, 1.54) is 12.1 Å². The van der Waals surface area contributed by atoms with Crippen molar-refractivity contribution in [2.45, 2.75) is 44.1 Å². The Labute approximate surface area is 141 Å². The van der Waals surface area contributed by atoms with E-state index in [2.05, 4.69) is 5.10 Å². The van der Waals surface area contributed by atoms with Crippen molar-refractivity contribution in [1.82, 2.24) is 9.78 Å². The Morgan fingerprint density at radius 1 is 1.33 bits per heavy atom. The first-order valence-corrected chi connectivity index (χ1v) is 8.70. The average molecular weight is 327 g/mol. The Morgan fingerprint density at radius 2 is 2.12 bits per heavy atom. The first-order chi connectivity index (χ1) is 11.6. The Balaban J connectivity index is 1.58. The molecule has 2 atom stereocenters. The molecule has 2 aliphatic carbocycles. The van der Waals surface area contributed by atoms with Crippen LogP contribution in [0.3, 0.4) is 0 Å². The number of halogens is 1. The maximum Gasteiger partial charge on any atom is 0.230 e. The van der Waals surface area contributed by atoms with Gasteiger partial charge in [-0.3, -0.25) is 9.48 Å². The van der Waals surface area contributed by atoms with Gasteiger partial charge < -0.3 is 4.90 Å². The molecule has 5 heteroatoms.